The Balaban J connectivity index is 1.64. The highest BCUT2D eigenvalue weighted by Gasteiger charge is 2.23. The molecule has 0 amide bonds. The maximum absolute atomic E-state index is 12.5. The molecular weight excluding hydrogens is 336 g/mol. The van der Waals surface area contributed by atoms with Gasteiger partial charge in [0.25, 0.3) is 5.89 Å². The number of benzene rings is 1. The van der Waals surface area contributed by atoms with E-state index in [4.69, 9.17) is 4.52 Å². The maximum atomic E-state index is 12.5. The number of thiophene rings is 1. The van der Waals surface area contributed by atoms with Crippen LogP contribution >= 0.6 is 11.3 Å². The number of sulfone groups is 1. The lowest BCUT2D eigenvalue weighted by Crippen LogP contribution is -2.08. The Morgan fingerprint density at radius 1 is 1.17 bits per heavy atom. The number of H-pyrrole nitrogens is 1. The SMILES string of the molecule is O=S(=O)(Cc1noc(-c2ccsc2)n1)c1nc2ccccc2[nH]1. The zero-order valence-electron chi connectivity index (χ0n) is 11.6. The Morgan fingerprint density at radius 3 is 2.83 bits per heavy atom. The van der Waals surface area contributed by atoms with Crippen molar-refractivity contribution in [1.82, 2.24) is 20.1 Å². The fourth-order valence-electron chi connectivity index (χ4n) is 2.13. The molecule has 4 rings (SSSR count). The third-order valence-electron chi connectivity index (χ3n) is 3.22. The summed E-state index contributed by atoms with van der Waals surface area (Å²) in [6.45, 7) is 0. The first-order chi connectivity index (χ1) is 11.1. The summed E-state index contributed by atoms with van der Waals surface area (Å²) < 4.78 is 30.0. The summed E-state index contributed by atoms with van der Waals surface area (Å²) in [7, 11) is -3.68. The fourth-order valence-corrected chi connectivity index (χ4v) is 3.86. The van der Waals surface area contributed by atoms with E-state index in [-0.39, 0.29) is 16.7 Å². The van der Waals surface area contributed by atoms with E-state index >= 15 is 0 Å². The standard InChI is InChI=1S/C14H10N4O3S2/c19-23(20,14-15-10-3-1-2-4-11(10)16-14)8-12-17-13(21-18-12)9-5-6-22-7-9/h1-7H,8H2,(H,15,16). The second-order valence-electron chi connectivity index (χ2n) is 4.85. The Hall–Kier alpha value is -2.52. The average Bonchev–Trinajstić information content (AvgIpc) is 3.26. The molecule has 0 aliphatic rings. The van der Waals surface area contributed by atoms with Crippen molar-refractivity contribution >= 4 is 32.2 Å². The van der Waals surface area contributed by atoms with Crippen LogP contribution in [0.25, 0.3) is 22.5 Å². The summed E-state index contributed by atoms with van der Waals surface area (Å²) in [4.78, 5) is 11.0. The van der Waals surface area contributed by atoms with Gasteiger partial charge < -0.3 is 9.51 Å². The van der Waals surface area contributed by atoms with Crippen LogP contribution in [0.1, 0.15) is 5.82 Å². The normalized spacial score (nSPS) is 12.0. The topological polar surface area (TPSA) is 102 Å². The summed E-state index contributed by atoms with van der Waals surface area (Å²) in [6.07, 6.45) is 0. The molecule has 0 aliphatic carbocycles. The van der Waals surface area contributed by atoms with Crippen molar-refractivity contribution in [3.05, 3.63) is 46.9 Å². The minimum Gasteiger partial charge on any atom is -0.334 e. The van der Waals surface area contributed by atoms with Gasteiger partial charge in [-0.2, -0.15) is 16.3 Å². The first-order valence-electron chi connectivity index (χ1n) is 6.64. The van der Waals surface area contributed by atoms with Crippen LogP contribution in [0.3, 0.4) is 0 Å². The third-order valence-corrected chi connectivity index (χ3v) is 5.32. The number of para-hydroxylation sites is 2. The van der Waals surface area contributed by atoms with Crippen LogP contribution in [0.15, 0.2) is 50.8 Å². The van der Waals surface area contributed by atoms with Gasteiger partial charge in [0, 0.05) is 5.38 Å². The lowest BCUT2D eigenvalue weighted by Gasteiger charge is -1.95. The molecule has 0 radical (unpaired) electrons. The van der Waals surface area contributed by atoms with Crippen LogP contribution in [0, 0.1) is 0 Å². The number of nitrogens with zero attached hydrogens (tertiary/aromatic N) is 3. The molecule has 0 atom stereocenters. The van der Waals surface area contributed by atoms with Crippen LogP contribution in [0.2, 0.25) is 0 Å². The highest BCUT2D eigenvalue weighted by molar-refractivity contribution is 7.90. The average molecular weight is 346 g/mol. The third kappa shape index (κ3) is 2.64. The van der Waals surface area contributed by atoms with Crippen LogP contribution < -0.4 is 0 Å². The molecule has 3 aromatic heterocycles. The molecule has 23 heavy (non-hydrogen) atoms. The van der Waals surface area contributed by atoms with E-state index in [0.717, 1.165) is 5.56 Å². The number of aromatic nitrogens is 4. The van der Waals surface area contributed by atoms with Gasteiger partial charge >= 0.3 is 0 Å². The Bertz CT molecular complexity index is 1030. The van der Waals surface area contributed by atoms with Crippen LogP contribution in [-0.4, -0.2) is 28.5 Å². The van der Waals surface area contributed by atoms with Gasteiger partial charge in [-0.1, -0.05) is 17.3 Å². The molecule has 0 saturated heterocycles. The van der Waals surface area contributed by atoms with E-state index in [2.05, 4.69) is 20.1 Å². The van der Waals surface area contributed by atoms with Gasteiger partial charge in [-0.05, 0) is 23.6 Å². The first kappa shape index (κ1) is 14.1. The van der Waals surface area contributed by atoms with Crippen molar-refractivity contribution in [3.63, 3.8) is 0 Å². The molecule has 9 heteroatoms. The zero-order valence-corrected chi connectivity index (χ0v) is 13.3. The highest BCUT2D eigenvalue weighted by atomic mass is 32.2. The highest BCUT2D eigenvalue weighted by Crippen LogP contribution is 2.22. The fraction of sp³-hybridized carbons (Fsp3) is 0.0714. The molecule has 1 N–H and O–H groups in total. The van der Waals surface area contributed by atoms with Gasteiger partial charge in [-0.25, -0.2) is 13.4 Å². The molecule has 0 unspecified atom stereocenters. The number of imidazole rings is 1. The first-order valence-corrected chi connectivity index (χ1v) is 9.24. The van der Waals surface area contributed by atoms with E-state index < -0.39 is 9.84 Å². The van der Waals surface area contributed by atoms with Gasteiger partial charge in [0.2, 0.25) is 15.0 Å². The lowest BCUT2D eigenvalue weighted by atomic mass is 10.3. The predicted molar refractivity (Wildman–Crippen MR) is 84.6 cm³/mol. The number of fused-ring (bicyclic) bond motifs is 1. The molecular formula is C14H10N4O3S2. The van der Waals surface area contributed by atoms with E-state index in [1.54, 1.807) is 18.2 Å². The molecule has 7 nitrogen and oxygen atoms in total. The summed E-state index contributed by atoms with van der Waals surface area (Å²) in [5, 5.41) is 7.37. The van der Waals surface area contributed by atoms with Gasteiger partial charge in [0.15, 0.2) is 5.82 Å². The number of hydrogen-bond donors (Lipinski definition) is 1. The maximum Gasteiger partial charge on any atom is 0.258 e. The Kier molecular flexibility index (Phi) is 3.24. The monoisotopic (exact) mass is 346 g/mol. The van der Waals surface area contributed by atoms with E-state index in [9.17, 15) is 8.42 Å². The molecule has 4 aromatic rings. The molecule has 0 aliphatic heterocycles. The van der Waals surface area contributed by atoms with Crippen LogP contribution in [0.4, 0.5) is 0 Å². The summed E-state index contributed by atoms with van der Waals surface area (Å²) in [5.41, 5.74) is 2.03. The van der Waals surface area contributed by atoms with Crippen LogP contribution in [-0.2, 0) is 15.6 Å². The second kappa shape index (κ2) is 5.28. The summed E-state index contributed by atoms with van der Waals surface area (Å²) >= 11 is 1.50. The second-order valence-corrected chi connectivity index (χ2v) is 7.53. The van der Waals surface area contributed by atoms with Gasteiger partial charge in [-0.3, -0.25) is 0 Å². The largest absolute Gasteiger partial charge is 0.334 e. The number of hydrogen-bond acceptors (Lipinski definition) is 7. The number of rotatable bonds is 4. The van der Waals surface area contributed by atoms with Gasteiger partial charge in [0.05, 0.1) is 16.6 Å². The van der Waals surface area contributed by atoms with Gasteiger partial charge in [0.1, 0.15) is 5.75 Å². The lowest BCUT2D eigenvalue weighted by molar-refractivity contribution is 0.424. The van der Waals surface area contributed by atoms with E-state index in [0.29, 0.717) is 16.9 Å². The van der Waals surface area contributed by atoms with Crippen molar-refractivity contribution in [2.45, 2.75) is 10.9 Å². The van der Waals surface area contributed by atoms with Crippen molar-refractivity contribution < 1.29 is 12.9 Å². The molecule has 0 saturated carbocycles. The van der Waals surface area contributed by atoms with Crippen LogP contribution in [0.5, 0.6) is 0 Å². The van der Waals surface area contributed by atoms with Crippen molar-refractivity contribution in [2.24, 2.45) is 0 Å². The number of nitrogens with one attached hydrogen (secondary N) is 1. The number of aromatic amines is 1. The Labute approximate surface area is 134 Å². The molecule has 1 aromatic carbocycles. The summed E-state index contributed by atoms with van der Waals surface area (Å²) in [6, 6.07) is 8.95. The van der Waals surface area contributed by atoms with E-state index in [1.807, 2.05) is 22.9 Å². The van der Waals surface area contributed by atoms with E-state index in [1.165, 1.54) is 11.3 Å². The molecule has 116 valence electrons. The predicted octanol–water partition coefficient (Wildman–Crippen LogP) is 2.65. The summed E-state index contributed by atoms with van der Waals surface area (Å²) in [5.74, 6) is 0.0354. The molecule has 0 bridgehead atoms. The van der Waals surface area contributed by atoms with Gasteiger partial charge in [-0.15, -0.1) is 0 Å². The van der Waals surface area contributed by atoms with Crippen molar-refractivity contribution in [1.29, 1.82) is 0 Å². The minimum atomic E-state index is -3.68. The smallest absolute Gasteiger partial charge is 0.258 e. The molecule has 0 fully saturated rings. The van der Waals surface area contributed by atoms with Crippen molar-refractivity contribution in [3.8, 4) is 11.5 Å². The minimum absolute atomic E-state index is 0.0967. The molecule has 3 heterocycles. The van der Waals surface area contributed by atoms with Crippen molar-refractivity contribution in [2.75, 3.05) is 0 Å². The Morgan fingerprint density at radius 2 is 2.04 bits per heavy atom. The quantitative estimate of drug-likeness (QED) is 0.609. The zero-order chi connectivity index (χ0) is 15.9. The molecule has 0 spiro atoms.